The third kappa shape index (κ3) is 4.85. The van der Waals surface area contributed by atoms with E-state index in [9.17, 15) is 4.79 Å². The van der Waals surface area contributed by atoms with E-state index >= 15 is 0 Å². The highest BCUT2D eigenvalue weighted by atomic mass is 16.5. The summed E-state index contributed by atoms with van der Waals surface area (Å²) in [6, 6.07) is 19.5. The minimum absolute atomic E-state index is 0.0531. The molecule has 2 aromatic rings. The fraction of sp³-hybridized carbons (Fsp3) is 0.536. The molecular formula is C28H37N2O2+. The number of hydrogen-bond acceptors (Lipinski definition) is 3. The molecule has 1 unspecified atom stereocenters. The van der Waals surface area contributed by atoms with Crippen LogP contribution in [-0.4, -0.2) is 42.7 Å². The van der Waals surface area contributed by atoms with E-state index in [1.165, 1.54) is 69.1 Å². The maximum Gasteiger partial charge on any atom is 0.333 e. The van der Waals surface area contributed by atoms with Crippen molar-refractivity contribution in [3.05, 3.63) is 66.2 Å². The number of carbonyl (C=O) groups is 1. The van der Waals surface area contributed by atoms with Crippen LogP contribution in [0.2, 0.25) is 0 Å². The number of para-hydroxylation sites is 1. The molecule has 1 N–H and O–H groups in total. The van der Waals surface area contributed by atoms with Gasteiger partial charge in [-0.15, -0.1) is 0 Å². The van der Waals surface area contributed by atoms with Gasteiger partial charge in [-0.2, -0.15) is 0 Å². The molecule has 3 heterocycles. The molecule has 0 amide bonds. The molecule has 2 bridgehead atoms. The van der Waals surface area contributed by atoms with Crippen LogP contribution in [0, 0.1) is 11.8 Å². The largest absolute Gasteiger partial charge is 0.454 e. The van der Waals surface area contributed by atoms with Gasteiger partial charge in [-0.1, -0.05) is 67.8 Å². The van der Waals surface area contributed by atoms with E-state index in [1.807, 2.05) is 60.7 Å². The number of benzene rings is 2. The second kappa shape index (κ2) is 9.66. The number of nitrogens with one attached hydrogen (secondary N) is 1. The van der Waals surface area contributed by atoms with Gasteiger partial charge >= 0.3 is 5.97 Å². The highest BCUT2D eigenvalue weighted by Crippen LogP contribution is 2.39. The maximum absolute atomic E-state index is 13.5. The van der Waals surface area contributed by atoms with Crippen LogP contribution in [-0.2, 0) is 9.53 Å². The molecule has 2 atom stereocenters. The molecule has 4 aliphatic rings. The first-order chi connectivity index (χ1) is 15.7. The quantitative estimate of drug-likeness (QED) is 0.458. The number of hydrogen-bond donors (Lipinski definition) is 1. The van der Waals surface area contributed by atoms with E-state index in [0.29, 0.717) is 5.92 Å². The molecule has 170 valence electrons. The molecule has 4 heteroatoms. The molecule has 0 radical (unpaired) electrons. The lowest BCUT2D eigenvalue weighted by Crippen LogP contribution is -2.65. The Hall–Kier alpha value is -2.33. The standard InChI is InChI=1S/C28H37N2O2/c31-28(27(24-12-6-2-7-13-24)29-25-14-8-3-9-15-25)32-26-21-30(18-16-23(26)17-19-30)20-22-10-4-1-5-11-22/h2-3,6-9,12-15,22-23,26-27,29H,1,4-5,10-11,16-21H2/q+1/t23?,26-,27?,30?/m0/s1. The van der Waals surface area contributed by atoms with Crippen LogP contribution in [0.5, 0.6) is 0 Å². The summed E-state index contributed by atoms with van der Waals surface area (Å²) in [5, 5.41) is 3.42. The third-order valence-corrected chi connectivity index (χ3v) is 8.13. The maximum atomic E-state index is 13.5. The number of fused-ring (bicyclic) bond motifs is 3. The van der Waals surface area contributed by atoms with Gasteiger partial charge in [0.2, 0.25) is 0 Å². The molecular weight excluding hydrogens is 396 g/mol. The average molecular weight is 434 g/mol. The molecule has 4 nitrogen and oxygen atoms in total. The van der Waals surface area contributed by atoms with E-state index in [2.05, 4.69) is 5.32 Å². The van der Waals surface area contributed by atoms with Gasteiger partial charge in [-0.25, -0.2) is 4.79 Å². The summed E-state index contributed by atoms with van der Waals surface area (Å²) >= 11 is 0. The van der Waals surface area contributed by atoms with E-state index in [-0.39, 0.29) is 12.1 Å². The van der Waals surface area contributed by atoms with Crippen molar-refractivity contribution >= 4 is 11.7 Å². The van der Waals surface area contributed by atoms with Crippen LogP contribution in [0.25, 0.3) is 0 Å². The number of ether oxygens (including phenoxy) is 1. The van der Waals surface area contributed by atoms with Crippen LogP contribution >= 0.6 is 0 Å². The van der Waals surface area contributed by atoms with Gasteiger partial charge < -0.3 is 14.5 Å². The summed E-state index contributed by atoms with van der Waals surface area (Å²) in [6.45, 7) is 4.87. The Morgan fingerprint density at radius 1 is 0.906 bits per heavy atom. The van der Waals surface area contributed by atoms with Gasteiger partial charge in [-0.05, 0) is 30.5 Å². The second-order valence-corrected chi connectivity index (χ2v) is 10.3. The summed E-state index contributed by atoms with van der Waals surface area (Å²) in [5.41, 5.74) is 1.89. The van der Waals surface area contributed by atoms with E-state index in [0.717, 1.165) is 23.7 Å². The summed E-state index contributed by atoms with van der Waals surface area (Å²) < 4.78 is 7.49. The van der Waals surface area contributed by atoms with Crippen molar-refractivity contribution in [1.29, 1.82) is 0 Å². The summed E-state index contributed by atoms with van der Waals surface area (Å²) in [4.78, 5) is 13.5. The van der Waals surface area contributed by atoms with Gasteiger partial charge in [0.25, 0.3) is 0 Å². The van der Waals surface area contributed by atoms with Crippen molar-refractivity contribution in [2.24, 2.45) is 11.8 Å². The summed E-state index contributed by atoms with van der Waals surface area (Å²) in [7, 11) is 0. The number of piperidine rings is 3. The van der Waals surface area contributed by atoms with Gasteiger partial charge in [0, 0.05) is 30.4 Å². The van der Waals surface area contributed by atoms with Crippen LogP contribution in [0.3, 0.4) is 0 Å². The molecule has 0 spiro atoms. The molecule has 32 heavy (non-hydrogen) atoms. The lowest BCUT2D eigenvalue weighted by atomic mass is 9.80. The molecule has 6 rings (SSSR count). The van der Waals surface area contributed by atoms with E-state index in [4.69, 9.17) is 4.74 Å². The van der Waals surface area contributed by atoms with Crippen molar-refractivity contribution in [1.82, 2.24) is 0 Å². The highest BCUT2D eigenvalue weighted by Gasteiger charge is 2.48. The zero-order chi connectivity index (χ0) is 21.8. The number of quaternary nitrogens is 1. The van der Waals surface area contributed by atoms with Crippen LogP contribution in [0.4, 0.5) is 5.69 Å². The number of rotatable bonds is 7. The predicted molar refractivity (Wildman–Crippen MR) is 128 cm³/mol. The number of anilines is 1. The molecule has 1 aliphatic carbocycles. The Balaban J connectivity index is 1.29. The van der Waals surface area contributed by atoms with Crippen LogP contribution in [0.1, 0.15) is 56.6 Å². The van der Waals surface area contributed by atoms with Crippen molar-refractivity contribution < 1.29 is 14.0 Å². The molecule has 3 aliphatic heterocycles. The minimum Gasteiger partial charge on any atom is -0.454 e. The van der Waals surface area contributed by atoms with Crippen LogP contribution in [0.15, 0.2) is 60.7 Å². The average Bonchev–Trinajstić information content (AvgIpc) is 2.85. The summed E-state index contributed by atoms with van der Waals surface area (Å²) in [5.74, 6) is 1.25. The smallest absolute Gasteiger partial charge is 0.333 e. The monoisotopic (exact) mass is 433 g/mol. The van der Waals surface area contributed by atoms with Crippen molar-refractivity contribution in [2.45, 2.75) is 57.1 Å². The van der Waals surface area contributed by atoms with Gasteiger partial charge in [0.15, 0.2) is 12.1 Å². The zero-order valence-corrected chi connectivity index (χ0v) is 19.1. The third-order valence-electron chi connectivity index (χ3n) is 8.13. The zero-order valence-electron chi connectivity index (χ0n) is 19.1. The summed E-state index contributed by atoms with van der Waals surface area (Å²) in [6.07, 6.45) is 9.45. The Labute approximate surface area is 192 Å². The van der Waals surface area contributed by atoms with Gasteiger partial charge in [0.1, 0.15) is 6.54 Å². The van der Waals surface area contributed by atoms with E-state index in [1.54, 1.807) is 0 Å². The fourth-order valence-electron chi connectivity index (χ4n) is 6.37. The molecule has 0 aromatic heterocycles. The number of carbonyl (C=O) groups excluding carboxylic acids is 1. The lowest BCUT2D eigenvalue weighted by molar-refractivity contribution is -0.949. The second-order valence-electron chi connectivity index (χ2n) is 10.3. The van der Waals surface area contributed by atoms with Crippen molar-refractivity contribution in [2.75, 3.05) is 31.5 Å². The SMILES string of the molecule is O=C(O[C@H]1C[N+]2(CC3CCCCC3)CCC1CC2)C(Nc1ccccc1)c1ccccc1. The minimum atomic E-state index is -0.485. The van der Waals surface area contributed by atoms with Crippen LogP contribution < -0.4 is 5.32 Å². The number of esters is 1. The molecule has 1 saturated carbocycles. The fourth-order valence-corrected chi connectivity index (χ4v) is 6.37. The highest BCUT2D eigenvalue weighted by molar-refractivity contribution is 5.81. The Morgan fingerprint density at radius 3 is 2.25 bits per heavy atom. The van der Waals surface area contributed by atoms with Gasteiger partial charge in [-0.3, -0.25) is 0 Å². The molecule has 2 aromatic carbocycles. The Kier molecular flexibility index (Phi) is 6.49. The van der Waals surface area contributed by atoms with Crippen molar-refractivity contribution in [3.8, 4) is 0 Å². The molecule has 3 saturated heterocycles. The first-order valence-corrected chi connectivity index (χ1v) is 12.6. The Bertz CT molecular complexity index is 871. The Morgan fingerprint density at radius 2 is 1.56 bits per heavy atom. The normalized spacial score (nSPS) is 28.8. The molecule has 4 fully saturated rings. The topological polar surface area (TPSA) is 38.3 Å². The van der Waals surface area contributed by atoms with E-state index < -0.39 is 6.04 Å². The first kappa shape index (κ1) is 21.5. The van der Waals surface area contributed by atoms with Crippen molar-refractivity contribution in [3.63, 3.8) is 0 Å². The number of nitrogens with zero attached hydrogens (tertiary/aromatic N) is 1. The predicted octanol–water partition coefficient (Wildman–Crippen LogP) is 5.57. The lowest BCUT2D eigenvalue weighted by Gasteiger charge is -2.53. The first-order valence-electron chi connectivity index (χ1n) is 12.6. The van der Waals surface area contributed by atoms with Gasteiger partial charge in [0.05, 0.1) is 19.6 Å².